The van der Waals surface area contributed by atoms with Gasteiger partial charge >= 0.3 is 0 Å². The van der Waals surface area contributed by atoms with Crippen LogP contribution in [0.4, 0.5) is 4.39 Å². The molecular weight excluding hydrogens is 373 g/mol. The third kappa shape index (κ3) is 4.88. The highest BCUT2D eigenvalue weighted by Gasteiger charge is 2.26. The fraction of sp³-hybridized carbons (Fsp3) is 0.429. The third-order valence-corrected chi connectivity index (χ3v) is 5.29. The fourth-order valence-electron chi connectivity index (χ4n) is 3.65. The van der Waals surface area contributed by atoms with Crippen molar-refractivity contribution in [2.75, 3.05) is 13.1 Å². The van der Waals surface area contributed by atoms with E-state index in [9.17, 15) is 9.18 Å². The first-order valence-electron chi connectivity index (χ1n) is 9.92. The smallest absolute Gasteiger partial charge is 0.257 e. The second kappa shape index (κ2) is 8.55. The number of benzene rings is 1. The maximum absolute atomic E-state index is 13.0. The Morgan fingerprint density at radius 2 is 2.14 bits per heavy atom. The standard InChI is InChI=1S/C21H24FN5O2/c1-15-12-23-27(13-15)11-9-20(28)26-10-8-16(14-26)2-7-19-24-21(29-25-19)17-3-5-18(22)6-4-17/h3-6,12-13,16H,2,7-11,14H2,1H3. The van der Waals surface area contributed by atoms with Crippen LogP contribution in [0.25, 0.3) is 11.5 Å². The molecule has 0 radical (unpaired) electrons. The zero-order valence-corrected chi connectivity index (χ0v) is 16.4. The molecule has 29 heavy (non-hydrogen) atoms. The lowest BCUT2D eigenvalue weighted by molar-refractivity contribution is -0.130. The highest BCUT2D eigenvalue weighted by molar-refractivity contribution is 5.76. The number of carbonyl (C=O) groups excluding carboxylic acids is 1. The Kier molecular flexibility index (Phi) is 5.69. The molecule has 0 spiro atoms. The van der Waals surface area contributed by atoms with Crippen LogP contribution in [-0.2, 0) is 17.8 Å². The van der Waals surface area contributed by atoms with Crippen LogP contribution in [0.2, 0.25) is 0 Å². The van der Waals surface area contributed by atoms with E-state index in [0.717, 1.165) is 31.5 Å². The summed E-state index contributed by atoms with van der Waals surface area (Å²) < 4.78 is 20.1. The monoisotopic (exact) mass is 397 g/mol. The van der Waals surface area contributed by atoms with Crippen LogP contribution in [0.5, 0.6) is 0 Å². The van der Waals surface area contributed by atoms with Crippen molar-refractivity contribution in [2.24, 2.45) is 5.92 Å². The molecule has 4 rings (SSSR count). The van der Waals surface area contributed by atoms with Crippen molar-refractivity contribution in [3.63, 3.8) is 0 Å². The van der Waals surface area contributed by atoms with Crippen LogP contribution in [0, 0.1) is 18.7 Å². The molecule has 1 fully saturated rings. The topological polar surface area (TPSA) is 77.0 Å². The molecule has 1 aliphatic rings. The van der Waals surface area contributed by atoms with Crippen molar-refractivity contribution in [1.82, 2.24) is 24.8 Å². The lowest BCUT2D eigenvalue weighted by Crippen LogP contribution is -2.29. The van der Waals surface area contributed by atoms with Gasteiger partial charge in [-0.25, -0.2) is 4.39 Å². The van der Waals surface area contributed by atoms with Gasteiger partial charge in [0.15, 0.2) is 5.82 Å². The van der Waals surface area contributed by atoms with Crippen LogP contribution in [0.3, 0.4) is 0 Å². The quantitative estimate of drug-likeness (QED) is 0.612. The van der Waals surface area contributed by atoms with Crippen LogP contribution >= 0.6 is 0 Å². The number of hydrogen-bond donors (Lipinski definition) is 0. The van der Waals surface area contributed by atoms with E-state index in [2.05, 4.69) is 15.2 Å². The molecule has 0 N–H and O–H groups in total. The largest absolute Gasteiger partial charge is 0.342 e. The number of aromatic nitrogens is 4. The predicted octanol–water partition coefficient (Wildman–Crippen LogP) is 3.25. The van der Waals surface area contributed by atoms with Gasteiger partial charge in [0.1, 0.15) is 5.82 Å². The number of aryl methyl sites for hydroxylation is 3. The minimum absolute atomic E-state index is 0.179. The van der Waals surface area contributed by atoms with Gasteiger partial charge in [0.05, 0.1) is 6.20 Å². The van der Waals surface area contributed by atoms with Gasteiger partial charge in [-0.3, -0.25) is 9.48 Å². The first kappa shape index (κ1) is 19.3. The lowest BCUT2D eigenvalue weighted by Gasteiger charge is -2.16. The number of hydrogen-bond acceptors (Lipinski definition) is 5. The second-order valence-electron chi connectivity index (χ2n) is 7.59. The molecule has 1 atom stereocenters. The summed E-state index contributed by atoms with van der Waals surface area (Å²) in [6.45, 7) is 4.18. The Balaban J connectivity index is 1.23. The first-order chi connectivity index (χ1) is 14.1. The Morgan fingerprint density at radius 1 is 1.31 bits per heavy atom. The maximum Gasteiger partial charge on any atom is 0.257 e. The molecule has 152 valence electrons. The molecule has 1 aliphatic heterocycles. The van der Waals surface area contributed by atoms with Crippen LogP contribution in [-0.4, -0.2) is 43.8 Å². The summed E-state index contributed by atoms with van der Waals surface area (Å²) in [5, 5.41) is 8.25. The average Bonchev–Trinajstić information content (AvgIpc) is 3.46. The molecule has 1 aromatic carbocycles. The van der Waals surface area contributed by atoms with Crippen LogP contribution in [0.15, 0.2) is 41.2 Å². The van der Waals surface area contributed by atoms with Gasteiger partial charge in [-0.2, -0.15) is 10.1 Å². The van der Waals surface area contributed by atoms with Gasteiger partial charge in [-0.1, -0.05) is 5.16 Å². The SMILES string of the molecule is Cc1cnn(CCC(=O)N2CCC(CCc3noc(-c4ccc(F)cc4)n3)C2)c1. The fourth-order valence-corrected chi connectivity index (χ4v) is 3.65. The summed E-state index contributed by atoms with van der Waals surface area (Å²) in [5.74, 6) is 1.37. The number of rotatable bonds is 7. The van der Waals surface area contributed by atoms with E-state index in [1.165, 1.54) is 12.1 Å². The molecular formula is C21H24FN5O2. The molecule has 2 aromatic heterocycles. The zero-order chi connectivity index (χ0) is 20.2. The molecule has 3 aromatic rings. The van der Waals surface area contributed by atoms with E-state index in [1.807, 2.05) is 22.7 Å². The number of carbonyl (C=O) groups is 1. The predicted molar refractivity (Wildman–Crippen MR) is 104 cm³/mol. The molecule has 0 saturated carbocycles. The molecule has 1 amide bonds. The maximum atomic E-state index is 13.0. The molecule has 3 heterocycles. The Hall–Kier alpha value is -3.03. The molecule has 8 heteroatoms. The number of likely N-dealkylation sites (tertiary alicyclic amines) is 1. The summed E-state index contributed by atoms with van der Waals surface area (Å²) in [4.78, 5) is 18.8. The Morgan fingerprint density at radius 3 is 2.90 bits per heavy atom. The highest BCUT2D eigenvalue weighted by Crippen LogP contribution is 2.23. The molecule has 0 aliphatic carbocycles. The van der Waals surface area contributed by atoms with Crippen LogP contribution in [0.1, 0.15) is 30.7 Å². The highest BCUT2D eigenvalue weighted by atomic mass is 19.1. The van der Waals surface area contributed by atoms with Gasteiger partial charge in [-0.05, 0) is 55.5 Å². The van der Waals surface area contributed by atoms with E-state index in [1.54, 1.807) is 18.3 Å². The summed E-state index contributed by atoms with van der Waals surface area (Å²) in [6.07, 6.45) is 6.82. The second-order valence-corrected chi connectivity index (χ2v) is 7.59. The van der Waals surface area contributed by atoms with Crippen molar-refractivity contribution in [2.45, 2.75) is 39.2 Å². The van der Waals surface area contributed by atoms with Gasteiger partial charge in [0.25, 0.3) is 5.89 Å². The number of halogens is 1. The van der Waals surface area contributed by atoms with Gasteiger partial charge in [0, 0.05) is 44.2 Å². The third-order valence-electron chi connectivity index (χ3n) is 5.29. The first-order valence-corrected chi connectivity index (χ1v) is 9.92. The van der Waals surface area contributed by atoms with E-state index < -0.39 is 0 Å². The van der Waals surface area contributed by atoms with Crippen molar-refractivity contribution in [3.05, 3.63) is 53.9 Å². The Bertz CT molecular complexity index is 966. The van der Waals surface area contributed by atoms with Gasteiger partial charge in [0.2, 0.25) is 5.91 Å². The van der Waals surface area contributed by atoms with E-state index in [4.69, 9.17) is 4.52 Å². The average molecular weight is 397 g/mol. The zero-order valence-electron chi connectivity index (χ0n) is 16.4. The summed E-state index contributed by atoms with van der Waals surface area (Å²) in [5.41, 5.74) is 1.80. The Labute approximate surface area is 168 Å². The van der Waals surface area contributed by atoms with Crippen molar-refractivity contribution < 1.29 is 13.7 Å². The molecule has 0 bridgehead atoms. The minimum atomic E-state index is -0.298. The van der Waals surface area contributed by atoms with Crippen molar-refractivity contribution >= 4 is 5.91 Å². The van der Waals surface area contributed by atoms with Crippen LogP contribution < -0.4 is 0 Å². The number of amides is 1. The summed E-state index contributed by atoms with van der Waals surface area (Å²) >= 11 is 0. The molecule has 7 nitrogen and oxygen atoms in total. The van der Waals surface area contributed by atoms with Gasteiger partial charge < -0.3 is 9.42 Å². The minimum Gasteiger partial charge on any atom is -0.342 e. The van der Waals surface area contributed by atoms with E-state index >= 15 is 0 Å². The summed E-state index contributed by atoms with van der Waals surface area (Å²) in [7, 11) is 0. The normalized spacial score (nSPS) is 16.5. The van der Waals surface area contributed by atoms with E-state index in [-0.39, 0.29) is 11.7 Å². The summed E-state index contributed by atoms with van der Waals surface area (Å²) in [6, 6.07) is 5.99. The lowest BCUT2D eigenvalue weighted by atomic mass is 10.0. The number of nitrogens with zero attached hydrogens (tertiary/aromatic N) is 5. The van der Waals surface area contributed by atoms with Gasteiger partial charge in [-0.15, -0.1) is 0 Å². The molecule has 1 unspecified atom stereocenters. The van der Waals surface area contributed by atoms with E-state index in [0.29, 0.717) is 42.6 Å². The van der Waals surface area contributed by atoms with Crippen molar-refractivity contribution in [1.29, 1.82) is 0 Å². The van der Waals surface area contributed by atoms with Crippen molar-refractivity contribution in [3.8, 4) is 11.5 Å². The molecule has 1 saturated heterocycles.